The third kappa shape index (κ3) is 2.90. The highest BCUT2D eigenvalue weighted by Gasteiger charge is 2.45. The van der Waals surface area contributed by atoms with E-state index in [1.54, 1.807) is 0 Å². The van der Waals surface area contributed by atoms with Gasteiger partial charge in [-0.1, -0.05) is 19.8 Å². The average molecular weight is 280 g/mol. The molecule has 2 heterocycles. The van der Waals surface area contributed by atoms with Crippen molar-refractivity contribution in [3.05, 3.63) is 0 Å². The van der Waals surface area contributed by atoms with E-state index in [1.165, 1.54) is 45.1 Å². The van der Waals surface area contributed by atoms with Gasteiger partial charge in [0.05, 0.1) is 6.10 Å². The Bertz CT molecular complexity index is 317. The minimum atomic E-state index is -0.0331. The van der Waals surface area contributed by atoms with Crippen LogP contribution in [0.3, 0.4) is 0 Å². The van der Waals surface area contributed by atoms with E-state index in [0.717, 1.165) is 25.3 Å². The molecule has 3 fully saturated rings. The lowest BCUT2D eigenvalue weighted by Gasteiger charge is -2.47. The summed E-state index contributed by atoms with van der Waals surface area (Å²) in [6, 6.07) is 1.32. The van der Waals surface area contributed by atoms with Crippen LogP contribution < -0.4 is 5.32 Å². The summed E-state index contributed by atoms with van der Waals surface area (Å²) in [5, 5.41) is 13.5. The van der Waals surface area contributed by atoms with Crippen molar-refractivity contribution in [2.24, 2.45) is 11.3 Å². The van der Waals surface area contributed by atoms with E-state index in [0.29, 0.717) is 17.5 Å². The smallest absolute Gasteiger partial charge is 0.0570 e. The van der Waals surface area contributed by atoms with Crippen molar-refractivity contribution in [1.29, 1.82) is 0 Å². The molecule has 3 nitrogen and oxygen atoms in total. The number of aliphatic hydroxyl groups is 1. The van der Waals surface area contributed by atoms with Gasteiger partial charge < -0.3 is 10.4 Å². The Morgan fingerprint density at radius 1 is 1.20 bits per heavy atom. The number of nitrogens with one attached hydrogen (secondary N) is 1. The Labute approximate surface area is 124 Å². The largest absolute Gasteiger partial charge is 0.393 e. The van der Waals surface area contributed by atoms with E-state index in [-0.39, 0.29) is 6.10 Å². The van der Waals surface area contributed by atoms with Crippen LogP contribution in [0.15, 0.2) is 0 Å². The van der Waals surface area contributed by atoms with Crippen LogP contribution in [-0.2, 0) is 0 Å². The first-order valence-corrected chi connectivity index (χ1v) is 8.70. The fourth-order valence-electron chi connectivity index (χ4n) is 5.39. The molecule has 3 aliphatic rings. The maximum absolute atomic E-state index is 9.98. The molecule has 2 saturated heterocycles. The molecule has 3 rings (SSSR count). The van der Waals surface area contributed by atoms with Gasteiger partial charge in [-0.3, -0.25) is 4.90 Å². The summed E-state index contributed by atoms with van der Waals surface area (Å²) in [5.41, 5.74) is 0.482. The standard InChI is InChI=1S/C17H32N2O/c1-13-4-3-7-17(10-13,11-18-2)12-19-14-5-6-15(19)9-16(20)8-14/h13-16,18,20H,3-12H2,1-2H3. The first kappa shape index (κ1) is 14.8. The monoisotopic (exact) mass is 280 g/mol. The highest BCUT2D eigenvalue weighted by molar-refractivity contribution is 4.99. The molecule has 1 aliphatic carbocycles. The highest BCUT2D eigenvalue weighted by Crippen LogP contribution is 2.44. The Morgan fingerprint density at radius 2 is 1.90 bits per heavy atom. The Hall–Kier alpha value is -0.120. The summed E-state index contributed by atoms with van der Waals surface area (Å²) in [6.45, 7) is 4.86. The third-order valence-electron chi connectivity index (χ3n) is 6.11. The zero-order valence-electron chi connectivity index (χ0n) is 13.3. The van der Waals surface area contributed by atoms with Crippen molar-refractivity contribution in [3.63, 3.8) is 0 Å². The molecule has 2 N–H and O–H groups in total. The second-order valence-electron chi connectivity index (χ2n) is 7.91. The first-order valence-electron chi connectivity index (χ1n) is 8.70. The van der Waals surface area contributed by atoms with Gasteiger partial charge in [0, 0.05) is 25.2 Å². The second kappa shape index (κ2) is 5.94. The molecule has 0 aromatic heterocycles. The van der Waals surface area contributed by atoms with Crippen molar-refractivity contribution < 1.29 is 5.11 Å². The van der Waals surface area contributed by atoms with E-state index < -0.39 is 0 Å². The van der Waals surface area contributed by atoms with Gasteiger partial charge >= 0.3 is 0 Å². The van der Waals surface area contributed by atoms with Crippen molar-refractivity contribution in [2.45, 2.75) is 76.5 Å². The van der Waals surface area contributed by atoms with Crippen LogP contribution in [-0.4, -0.2) is 48.3 Å². The number of nitrogens with zero attached hydrogens (tertiary/aromatic N) is 1. The van der Waals surface area contributed by atoms with E-state index in [4.69, 9.17) is 0 Å². The average Bonchev–Trinajstić information content (AvgIpc) is 2.62. The molecule has 3 heteroatoms. The summed E-state index contributed by atoms with van der Waals surface area (Å²) < 4.78 is 0. The van der Waals surface area contributed by atoms with E-state index >= 15 is 0 Å². The van der Waals surface area contributed by atoms with Gasteiger partial charge in [0.2, 0.25) is 0 Å². The number of hydrogen-bond donors (Lipinski definition) is 2. The number of piperidine rings is 1. The molecule has 2 bridgehead atoms. The van der Waals surface area contributed by atoms with Crippen LogP contribution in [0.1, 0.15) is 58.3 Å². The van der Waals surface area contributed by atoms with Crippen LogP contribution in [0, 0.1) is 11.3 Å². The summed E-state index contributed by atoms with van der Waals surface area (Å²) in [6.07, 6.45) is 10.2. The summed E-state index contributed by atoms with van der Waals surface area (Å²) in [7, 11) is 2.11. The van der Waals surface area contributed by atoms with Crippen molar-refractivity contribution in [3.8, 4) is 0 Å². The molecule has 4 unspecified atom stereocenters. The van der Waals surface area contributed by atoms with E-state index in [9.17, 15) is 5.11 Å². The fourth-order valence-corrected chi connectivity index (χ4v) is 5.39. The maximum atomic E-state index is 9.98. The van der Waals surface area contributed by atoms with Gasteiger partial charge in [0.25, 0.3) is 0 Å². The summed E-state index contributed by atoms with van der Waals surface area (Å²) in [5.74, 6) is 0.880. The van der Waals surface area contributed by atoms with Gasteiger partial charge in [-0.2, -0.15) is 0 Å². The van der Waals surface area contributed by atoms with Gasteiger partial charge in [-0.05, 0) is 56.9 Å². The zero-order valence-corrected chi connectivity index (χ0v) is 13.3. The normalized spacial score (nSPS) is 45.8. The highest BCUT2D eigenvalue weighted by atomic mass is 16.3. The van der Waals surface area contributed by atoms with Crippen LogP contribution in [0.25, 0.3) is 0 Å². The predicted molar refractivity (Wildman–Crippen MR) is 82.7 cm³/mol. The molecule has 0 aromatic carbocycles. The number of fused-ring (bicyclic) bond motifs is 2. The lowest BCUT2D eigenvalue weighted by molar-refractivity contribution is -0.00510. The summed E-state index contributed by atoms with van der Waals surface area (Å²) >= 11 is 0. The minimum absolute atomic E-state index is 0.0331. The molecule has 20 heavy (non-hydrogen) atoms. The van der Waals surface area contributed by atoms with Crippen LogP contribution in [0.2, 0.25) is 0 Å². The van der Waals surface area contributed by atoms with Gasteiger partial charge in [-0.25, -0.2) is 0 Å². The molecule has 4 atom stereocenters. The van der Waals surface area contributed by atoms with Crippen molar-refractivity contribution in [2.75, 3.05) is 20.1 Å². The maximum Gasteiger partial charge on any atom is 0.0570 e. The molecule has 0 aromatic rings. The SMILES string of the molecule is CNCC1(CN2C3CCC2CC(O)C3)CCCC(C)C1. The first-order chi connectivity index (χ1) is 9.62. The second-order valence-corrected chi connectivity index (χ2v) is 7.91. The fraction of sp³-hybridized carbons (Fsp3) is 1.00. The van der Waals surface area contributed by atoms with Gasteiger partial charge in [-0.15, -0.1) is 0 Å². The van der Waals surface area contributed by atoms with E-state index in [1.807, 2.05) is 0 Å². The Morgan fingerprint density at radius 3 is 2.50 bits per heavy atom. The minimum Gasteiger partial charge on any atom is -0.393 e. The molecular weight excluding hydrogens is 248 g/mol. The topological polar surface area (TPSA) is 35.5 Å². The molecule has 1 saturated carbocycles. The predicted octanol–water partition coefficient (Wildman–Crippen LogP) is 2.39. The van der Waals surface area contributed by atoms with Crippen molar-refractivity contribution >= 4 is 0 Å². The molecule has 0 radical (unpaired) electrons. The van der Waals surface area contributed by atoms with Gasteiger partial charge in [0.15, 0.2) is 0 Å². The molecule has 116 valence electrons. The quantitative estimate of drug-likeness (QED) is 0.830. The van der Waals surface area contributed by atoms with Gasteiger partial charge in [0.1, 0.15) is 0 Å². The summed E-state index contributed by atoms with van der Waals surface area (Å²) in [4.78, 5) is 2.78. The van der Waals surface area contributed by atoms with Crippen molar-refractivity contribution in [1.82, 2.24) is 10.2 Å². The lowest BCUT2D eigenvalue weighted by Crippen LogP contribution is -2.52. The molecule has 0 amide bonds. The zero-order chi connectivity index (χ0) is 14.2. The Balaban J connectivity index is 1.70. The number of hydrogen-bond acceptors (Lipinski definition) is 3. The van der Waals surface area contributed by atoms with Crippen LogP contribution >= 0.6 is 0 Å². The molecule has 2 aliphatic heterocycles. The van der Waals surface area contributed by atoms with Crippen LogP contribution in [0.4, 0.5) is 0 Å². The Kier molecular flexibility index (Phi) is 4.40. The van der Waals surface area contributed by atoms with Crippen LogP contribution in [0.5, 0.6) is 0 Å². The number of aliphatic hydroxyl groups excluding tert-OH is 1. The third-order valence-corrected chi connectivity index (χ3v) is 6.11. The van der Waals surface area contributed by atoms with E-state index in [2.05, 4.69) is 24.2 Å². The lowest BCUT2D eigenvalue weighted by atomic mass is 9.69. The molecule has 0 spiro atoms. The molecular formula is C17H32N2O. The number of rotatable bonds is 4.